The zero-order chi connectivity index (χ0) is 15.6. The van der Waals surface area contributed by atoms with E-state index in [1.165, 1.54) is 17.8 Å². The van der Waals surface area contributed by atoms with E-state index in [9.17, 15) is 14.9 Å². The highest BCUT2D eigenvalue weighted by molar-refractivity contribution is 7.98. The molecule has 0 fully saturated rings. The quantitative estimate of drug-likeness (QED) is 0.514. The number of H-pyrrole nitrogens is 1. The molecule has 0 saturated carbocycles. The SMILES string of the molecule is CSc1ccc(C(=O)Nc2c(C)n[nH]c2C)cc1[N+](=O)[O-]. The van der Waals surface area contributed by atoms with Gasteiger partial charge in [0.05, 0.1) is 26.9 Å². The van der Waals surface area contributed by atoms with Crippen LogP contribution in [0.2, 0.25) is 0 Å². The summed E-state index contributed by atoms with van der Waals surface area (Å²) in [6, 6.07) is 4.43. The Balaban J connectivity index is 2.32. The van der Waals surface area contributed by atoms with Crippen LogP contribution in [0.4, 0.5) is 11.4 Å². The predicted molar refractivity (Wildman–Crippen MR) is 80.9 cm³/mol. The molecule has 110 valence electrons. The van der Waals surface area contributed by atoms with Crippen molar-refractivity contribution >= 4 is 29.0 Å². The van der Waals surface area contributed by atoms with Gasteiger partial charge in [-0.25, -0.2) is 0 Å². The highest BCUT2D eigenvalue weighted by atomic mass is 32.2. The first-order chi connectivity index (χ1) is 9.93. The molecule has 2 rings (SSSR count). The predicted octanol–water partition coefficient (Wildman–Crippen LogP) is 2.91. The Kier molecular flexibility index (Phi) is 4.27. The number of hydrogen-bond acceptors (Lipinski definition) is 5. The molecular formula is C13H14N4O3S. The Labute approximate surface area is 125 Å². The van der Waals surface area contributed by atoms with Crippen LogP contribution in [-0.2, 0) is 0 Å². The number of aromatic nitrogens is 2. The summed E-state index contributed by atoms with van der Waals surface area (Å²) < 4.78 is 0. The highest BCUT2D eigenvalue weighted by Crippen LogP contribution is 2.28. The number of carbonyl (C=O) groups is 1. The van der Waals surface area contributed by atoms with Crippen LogP contribution in [0.25, 0.3) is 0 Å². The van der Waals surface area contributed by atoms with Crippen molar-refractivity contribution in [2.24, 2.45) is 0 Å². The number of hydrogen-bond donors (Lipinski definition) is 2. The van der Waals surface area contributed by atoms with E-state index in [1.54, 1.807) is 32.2 Å². The van der Waals surface area contributed by atoms with E-state index < -0.39 is 10.8 Å². The van der Waals surface area contributed by atoms with Crippen LogP contribution in [-0.4, -0.2) is 27.3 Å². The average molecular weight is 306 g/mol. The van der Waals surface area contributed by atoms with Crippen LogP contribution in [0.5, 0.6) is 0 Å². The fourth-order valence-corrected chi connectivity index (χ4v) is 2.44. The number of nitrogens with one attached hydrogen (secondary N) is 2. The van der Waals surface area contributed by atoms with Gasteiger partial charge in [0, 0.05) is 11.6 Å². The second-order valence-corrected chi connectivity index (χ2v) is 5.25. The number of aromatic amines is 1. The van der Waals surface area contributed by atoms with Gasteiger partial charge in [-0.3, -0.25) is 20.0 Å². The molecule has 2 aromatic rings. The lowest BCUT2D eigenvalue weighted by Gasteiger charge is -2.06. The van der Waals surface area contributed by atoms with Gasteiger partial charge >= 0.3 is 0 Å². The molecule has 0 aliphatic rings. The number of amides is 1. The molecule has 8 heteroatoms. The van der Waals surface area contributed by atoms with E-state index in [0.29, 0.717) is 16.3 Å². The second-order valence-electron chi connectivity index (χ2n) is 4.41. The maximum atomic E-state index is 12.2. The summed E-state index contributed by atoms with van der Waals surface area (Å²) in [7, 11) is 0. The van der Waals surface area contributed by atoms with Gasteiger partial charge in [0.25, 0.3) is 11.6 Å². The molecule has 0 radical (unpaired) electrons. The lowest BCUT2D eigenvalue weighted by atomic mass is 10.2. The molecule has 0 aliphatic heterocycles. The first-order valence-corrected chi connectivity index (χ1v) is 7.32. The minimum absolute atomic E-state index is 0.0733. The largest absolute Gasteiger partial charge is 0.319 e. The maximum absolute atomic E-state index is 12.2. The molecule has 7 nitrogen and oxygen atoms in total. The lowest BCUT2D eigenvalue weighted by Crippen LogP contribution is -2.13. The number of benzene rings is 1. The van der Waals surface area contributed by atoms with E-state index >= 15 is 0 Å². The van der Waals surface area contributed by atoms with E-state index in [1.807, 2.05) is 0 Å². The minimum Gasteiger partial charge on any atom is -0.319 e. The zero-order valence-corrected chi connectivity index (χ0v) is 12.6. The van der Waals surface area contributed by atoms with Gasteiger partial charge in [0.15, 0.2) is 0 Å². The van der Waals surface area contributed by atoms with Crippen molar-refractivity contribution in [2.75, 3.05) is 11.6 Å². The maximum Gasteiger partial charge on any atom is 0.283 e. The first-order valence-electron chi connectivity index (χ1n) is 6.09. The summed E-state index contributed by atoms with van der Waals surface area (Å²) in [5.74, 6) is -0.404. The third-order valence-corrected chi connectivity index (χ3v) is 3.79. The molecule has 1 amide bonds. The molecule has 1 aromatic heterocycles. The molecule has 0 bridgehead atoms. The van der Waals surface area contributed by atoms with Crippen molar-refractivity contribution in [1.29, 1.82) is 0 Å². The third kappa shape index (κ3) is 3.05. The van der Waals surface area contributed by atoms with Crippen LogP contribution < -0.4 is 5.32 Å². The van der Waals surface area contributed by atoms with Gasteiger partial charge in [-0.15, -0.1) is 11.8 Å². The van der Waals surface area contributed by atoms with Gasteiger partial charge in [0.2, 0.25) is 0 Å². The molecule has 0 aliphatic carbocycles. The van der Waals surface area contributed by atoms with Gasteiger partial charge < -0.3 is 5.32 Å². The molecule has 1 heterocycles. The van der Waals surface area contributed by atoms with Gasteiger partial charge in [0.1, 0.15) is 0 Å². The number of nitro groups is 1. The highest BCUT2D eigenvalue weighted by Gasteiger charge is 2.18. The Morgan fingerprint density at radius 3 is 2.67 bits per heavy atom. The summed E-state index contributed by atoms with van der Waals surface area (Å²) in [6.45, 7) is 3.55. The number of nitrogens with zero attached hydrogens (tertiary/aromatic N) is 2. The van der Waals surface area contributed by atoms with Crippen molar-refractivity contribution in [3.63, 3.8) is 0 Å². The van der Waals surface area contributed by atoms with Crippen molar-refractivity contribution in [3.05, 3.63) is 45.3 Å². The van der Waals surface area contributed by atoms with Gasteiger partial charge in [-0.1, -0.05) is 0 Å². The van der Waals surface area contributed by atoms with Crippen molar-refractivity contribution in [1.82, 2.24) is 10.2 Å². The monoisotopic (exact) mass is 306 g/mol. The Morgan fingerprint density at radius 1 is 1.43 bits per heavy atom. The summed E-state index contributed by atoms with van der Waals surface area (Å²) in [6.07, 6.45) is 1.75. The van der Waals surface area contributed by atoms with E-state index in [2.05, 4.69) is 15.5 Å². The van der Waals surface area contributed by atoms with E-state index in [4.69, 9.17) is 0 Å². The van der Waals surface area contributed by atoms with Crippen LogP contribution in [0, 0.1) is 24.0 Å². The lowest BCUT2D eigenvalue weighted by molar-refractivity contribution is -0.387. The smallest absolute Gasteiger partial charge is 0.283 e. The summed E-state index contributed by atoms with van der Waals surface area (Å²) in [5.41, 5.74) is 2.15. The van der Waals surface area contributed by atoms with Crippen molar-refractivity contribution in [3.8, 4) is 0 Å². The summed E-state index contributed by atoms with van der Waals surface area (Å²) in [4.78, 5) is 23.3. The average Bonchev–Trinajstić information content (AvgIpc) is 2.78. The molecular weight excluding hydrogens is 292 g/mol. The first kappa shape index (κ1) is 15.0. The number of rotatable bonds is 4. The molecule has 0 spiro atoms. The van der Waals surface area contributed by atoms with Crippen LogP contribution >= 0.6 is 11.8 Å². The van der Waals surface area contributed by atoms with Crippen LogP contribution in [0.3, 0.4) is 0 Å². The summed E-state index contributed by atoms with van der Waals surface area (Å²) >= 11 is 1.27. The molecule has 0 unspecified atom stereocenters. The minimum atomic E-state index is -0.489. The molecule has 2 N–H and O–H groups in total. The molecule has 0 atom stereocenters. The van der Waals surface area contributed by atoms with E-state index in [-0.39, 0.29) is 11.3 Å². The number of thioether (sulfide) groups is 1. The molecule has 21 heavy (non-hydrogen) atoms. The van der Waals surface area contributed by atoms with Crippen molar-refractivity contribution in [2.45, 2.75) is 18.7 Å². The Morgan fingerprint density at radius 2 is 2.14 bits per heavy atom. The van der Waals surface area contributed by atoms with Gasteiger partial charge in [-0.2, -0.15) is 5.10 Å². The van der Waals surface area contributed by atoms with E-state index in [0.717, 1.165) is 5.69 Å². The third-order valence-electron chi connectivity index (χ3n) is 3.00. The topological polar surface area (TPSA) is 101 Å². The van der Waals surface area contributed by atoms with Crippen LogP contribution in [0.1, 0.15) is 21.7 Å². The van der Waals surface area contributed by atoms with Crippen molar-refractivity contribution < 1.29 is 9.72 Å². The normalized spacial score (nSPS) is 10.4. The zero-order valence-electron chi connectivity index (χ0n) is 11.8. The standard InChI is InChI=1S/C13H14N4O3S/c1-7-12(8(2)16-15-7)14-13(18)9-4-5-11(21-3)10(6-9)17(19)20/h4-6H,1-3H3,(H,14,18)(H,15,16). The number of anilines is 1. The summed E-state index contributed by atoms with van der Waals surface area (Å²) in [5, 5.41) is 20.5. The number of carbonyl (C=O) groups excluding carboxylic acids is 1. The number of nitro benzene ring substituents is 1. The Hall–Kier alpha value is -2.35. The fourth-order valence-electron chi connectivity index (χ4n) is 1.89. The van der Waals surface area contributed by atoms with Crippen LogP contribution in [0.15, 0.2) is 23.1 Å². The molecule has 1 aromatic carbocycles. The number of aryl methyl sites for hydroxylation is 2. The van der Waals surface area contributed by atoms with Gasteiger partial charge in [-0.05, 0) is 32.2 Å². The molecule has 0 saturated heterocycles. The fraction of sp³-hybridized carbons (Fsp3) is 0.231. The second kappa shape index (κ2) is 5.96. The Bertz CT molecular complexity index is 692.